The van der Waals surface area contributed by atoms with Crippen LogP contribution in [0.3, 0.4) is 0 Å². The summed E-state index contributed by atoms with van der Waals surface area (Å²) in [4.78, 5) is 12.1. The number of rotatable bonds is 3. The van der Waals surface area contributed by atoms with Gasteiger partial charge in [0.15, 0.2) is 5.60 Å². The highest BCUT2D eigenvalue weighted by Crippen LogP contribution is 2.37. The van der Waals surface area contributed by atoms with E-state index in [1.54, 1.807) is 0 Å². The largest absolute Gasteiger partial charge is 0.467 e. The molecule has 1 aromatic rings. The number of hydrogen-bond acceptors (Lipinski definition) is 3. The number of hydrogen-bond donors (Lipinski definition) is 0. The van der Waals surface area contributed by atoms with Crippen LogP contribution >= 0.6 is 0 Å². The molecule has 0 spiro atoms. The van der Waals surface area contributed by atoms with Gasteiger partial charge in [0.2, 0.25) is 0 Å². The van der Waals surface area contributed by atoms with E-state index >= 15 is 0 Å². The molecule has 1 aliphatic carbocycles. The molecule has 0 fully saturated rings. The molecule has 0 bridgehead atoms. The Morgan fingerprint density at radius 1 is 1.21 bits per heavy atom. The SMILES string of the molecule is COC(=O)C1(OC)CC=CC=C1c1ccc(C)cc1. The number of aryl methyl sites for hydroxylation is 1. The second-order valence-corrected chi connectivity index (χ2v) is 4.60. The van der Waals surface area contributed by atoms with Gasteiger partial charge in [0.1, 0.15) is 0 Å². The van der Waals surface area contributed by atoms with E-state index in [1.807, 2.05) is 49.4 Å². The molecule has 0 heterocycles. The zero-order chi connectivity index (χ0) is 13.9. The van der Waals surface area contributed by atoms with Crippen LogP contribution in [-0.4, -0.2) is 25.8 Å². The van der Waals surface area contributed by atoms with Crippen molar-refractivity contribution in [2.24, 2.45) is 0 Å². The zero-order valence-electron chi connectivity index (χ0n) is 11.5. The third-order valence-electron chi connectivity index (χ3n) is 3.47. The van der Waals surface area contributed by atoms with Gasteiger partial charge >= 0.3 is 5.97 Å². The number of ether oxygens (including phenoxy) is 2. The Morgan fingerprint density at radius 3 is 2.47 bits per heavy atom. The lowest BCUT2D eigenvalue weighted by atomic mass is 9.82. The van der Waals surface area contributed by atoms with Crippen LogP contribution in [-0.2, 0) is 14.3 Å². The second-order valence-electron chi connectivity index (χ2n) is 4.60. The first-order valence-electron chi connectivity index (χ1n) is 6.22. The van der Waals surface area contributed by atoms with Gasteiger partial charge in [-0.3, -0.25) is 0 Å². The molecular formula is C16H18O3. The van der Waals surface area contributed by atoms with Gasteiger partial charge in [-0.25, -0.2) is 4.79 Å². The van der Waals surface area contributed by atoms with Crippen LogP contribution in [0.5, 0.6) is 0 Å². The summed E-state index contributed by atoms with van der Waals surface area (Å²) in [5.74, 6) is -0.369. The molecular weight excluding hydrogens is 240 g/mol. The van der Waals surface area contributed by atoms with E-state index in [0.29, 0.717) is 6.42 Å². The second kappa shape index (κ2) is 5.41. The summed E-state index contributed by atoms with van der Waals surface area (Å²) in [7, 11) is 2.92. The number of allylic oxidation sites excluding steroid dienone is 2. The smallest absolute Gasteiger partial charge is 0.343 e. The monoisotopic (exact) mass is 258 g/mol. The summed E-state index contributed by atoms with van der Waals surface area (Å²) in [5, 5.41) is 0. The van der Waals surface area contributed by atoms with E-state index in [0.717, 1.165) is 11.1 Å². The van der Waals surface area contributed by atoms with Crippen molar-refractivity contribution in [3.63, 3.8) is 0 Å². The minimum Gasteiger partial charge on any atom is -0.467 e. The predicted octanol–water partition coefficient (Wildman–Crippen LogP) is 2.90. The quantitative estimate of drug-likeness (QED) is 0.782. The van der Waals surface area contributed by atoms with Crippen LogP contribution < -0.4 is 0 Å². The highest BCUT2D eigenvalue weighted by Gasteiger charge is 2.44. The molecule has 0 aromatic heterocycles. The summed E-state index contributed by atoms with van der Waals surface area (Å²) >= 11 is 0. The van der Waals surface area contributed by atoms with Gasteiger partial charge in [0.25, 0.3) is 0 Å². The topological polar surface area (TPSA) is 35.5 Å². The number of carbonyl (C=O) groups is 1. The molecule has 100 valence electrons. The molecule has 1 aliphatic rings. The minimum atomic E-state index is -1.04. The van der Waals surface area contributed by atoms with Crippen molar-refractivity contribution >= 4 is 11.5 Å². The maximum absolute atomic E-state index is 12.1. The van der Waals surface area contributed by atoms with Crippen molar-refractivity contribution in [3.8, 4) is 0 Å². The van der Waals surface area contributed by atoms with Crippen LogP contribution in [0.1, 0.15) is 17.5 Å². The van der Waals surface area contributed by atoms with Gasteiger partial charge in [0.05, 0.1) is 7.11 Å². The number of methoxy groups -OCH3 is 2. The predicted molar refractivity (Wildman–Crippen MR) is 74.7 cm³/mol. The fourth-order valence-electron chi connectivity index (χ4n) is 2.34. The average molecular weight is 258 g/mol. The molecule has 0 radical (unpaired) electrons. The average Bonchev–Trinajstić information content (AvgIpc) is 2.47. The van der Waals surface area contributed by atoms with Gasteiger partial charge in [-0.05, 0) is 12.5 Å². The molecule has 19 heavy (non-hydrogen) atoms. The molecule has 1 atom stereocenters. The van der Waals surface area contributed by atoms with E-state index in [2.05, 4.69) is 0 Å². The Kier molecular flexibility index (Phi) is 3.86. The van der Waals surface area contributed by atoms with Gasteiger partial charge in [-0.15, -0.1) is 0 Å². The molecule has 0 saturated heterocycles. The van der Waals surface area contributed by atoms with Crippen molar-refractivity contribution < 1.29 is 14.3 Å². The van der Waals surface area contributed by atoms with Crippen molar-refractivity contribution in [1.29, 1.82) is 0 Å². The van der Waals surface area contributed by atoms with Crippen LogP contribution in [0, 0.1) is 6.92 Å². The summed E-state index contributed by atoms with van der Waals surface area (Å²) < 4.78 is 10.5. The molecule has 3 nitrogen and oxygen atoms in total. The normalized spacial score (nSPS) is 21.9. The Hall–Kier alpha value is -1.87. The van der Waals surface area contributed by atoms with E-state index in [9.17, 15) is 4.79 Å². The third kappa shape index (κ3) is 2.34. The van der Waals surface area contributed by atoms with Gasteiger partial charge in [-0.2, -0.15) is 0 Å². The number of carbonyl (C=O) groups excluding carboxylic acids is 1. The summed E-state index contributed by atoms with van der Waals surface area (Å²) in [6.07, 6.45) is 6.25. The van der Waals surface area contributed by atoms with Crippen LogP contribution in [0.15, 0.2) is 42.5 Å². The first kappa shape index (κ1) is 13.6. The van der Waals surface area contributed by atoms with Crippen molar-refractivity contribution in [3.05, 3.63) is 53.6 Å². The molecule has 3 heteroatoms. The Bertz CT molecular complexity index is 525. The molecule has 1 unspecified atom stereocenters. The molecule has 0 saturated carbocycles. The fraction of sp³-hybridized carbons (Fsp3) is 0.312. The molecule has 0 N–H and O–H groups in total. The lowest BCUT2D eigenvalue weighted by molar-refractivity contribution is -0.158. The number of esters is 1. The molecule has 0 amide bonds. The lowest BCUT2D eigenvalue weighted by Crippen LogP contribution is -2.43. The van der Waals surface area contributed by atoms with Gasteiger partial charge in [0, 0.05) is 19.1 Å². The number of benzene rings is 1. The van der Waals surface area contributed by atoms with E-state index < -0.39 is 5.60 Å². The maximum atomic E-state index is 12.1. The standard InChI is InChI=1S/C16H18O3/c1-12-7-9-13(10-8-12)14-6-4-5-11-16(14,19-3)15(17)18-2/h4-10H,11H2,1-3H3. The van der Waals surface area contributed by atoms with E-state index in [1.165, 1.54) is 19.8 Å². The minimum absolute atomic E-state index is 0.369. The summed E-state index contributed by atoms with van der Waals surface area (Å²) in [6.45, 7) is 2.03. The Morgan fingerprint density at radius 2 is 1.89 bits per heavy atom. The highest BCUT2D eigenvalue weighted by molar-refractivity contribution is 5.97. The Labute approximate surface area is 113 Å². The van der Waals surface area contributed by atoms with Crippen LogP contribution in [0.4, 0.5) is 0 Å². The van der Waals surface area contributed by atoms with Gasteiger partial charge < -0.3 is 9.47 Å². The molecule has 2 rings (SSSR count). The molecule has 0 aliphatic heterocycles. The van der Waals surface area contributed by atoms with E-state index in [4.69, 9.17) is 9.47 Å². The zero-order valence-corrected chi connectivity index (χ0v) is 11.5. The lowest BCUT2D eigenvalue weighted by Gasteiger charge is -2.33. The maximum Gasteiger partial charge on any atom is 0.343 e. The van der Waals surface area contributed by atoms with Crippen molar-refractivity contribution in [1.82, 2.24) is 0 Å². The first-order chi connectivity index (χ1) is 9.14. The fourth-order valence-corrected chi connectivity index (χ4v) is 2.34. The van der Waals surface area contributed by atoms with Gasteiger partial charge in [-0.1, -0.05) is 48.1 Å². The van der Waals surface area contributed by atoms with Crippen LogP contribution in [0.25, 0.3) is 5.57 Å². The Balaban J connectivity index is 2.50. The third-order valence-corrected chi connectivity index (χ3v) is 3.47. The van der Waals surface area contributed by atoms with Crippen molar-refractivity contribution in [2.45, 2.75) is 18.9 Å². The first-order valence-corrected chi connectivity index (χ1v) is 6.22. The van der Waals surface area contributed by atoms with Crippen molar-refractivity contribution in [2.75, 3.05) is 14.2 Å². The highest BCUT2D eigenvalue weighted by atomic mass is 16.6. The van der Waals surface area contributed by atoms with E-state index in [-0.39, 0.29) is 5.97 Å². The van der Waals surface area contributed by atoms with Crippen LogP contribution in [0.2, 0.25) is 0 Å². The summed E-state index contributed by atoms with van der Waals surface area (Å²) in [5.41, 5.74) is 1.95. The molecule has 1 aromatic carbocycles. The summed E-state index contributed by atoms with van der Waals surface area (Å²) in [6, 6.07) is 8.03.